The fourth-order valence-corrected chi connectivity index (χ4v) is 2.89. The molecule has 7 nitrogen and oxygen atoms in total. The van der Waals surface area contributed by atoms with Gasteiger partial charge in [0.2, 0.25) is 0 Å². The Hall–Kier alpha value is -2.57. The van der Waals surface area contributed by atoms with E-state index in [0.717, 1.165) is 25.7 Å². The van der Waals surface area contributed by atoms with Crippen LogP contribution in [0.4, 0.5) is 4.79 Å². The number of ether oxygens (including phenoxy) is 2. The van der Waals surface area contributed by atoms with E-state index in [0.29, 0.717) is 30.0 Å². The summed E-state index contributed by atoms with van der Waals surface area (Å²) in [7, 11) is 0. The third kappa shape index (κ3) is 5.75. The summed E-state index contributed by atoms with van der Waals surface area (Å²) in [6, 6.07) is 4.31. The highest BCUT2D eigenvalue weighted by molar-refractivity contribution is 5.96. The SMILES string of the molecule is CCOc1cc(C=O)ccc1O[C@@H](C)C(=O)NC(=O)NC1CCCCC1. The van der Waals surface area contributed by atoms with Crippen molar-refractivity contribution in [3.63, 3.8) is 0 Å². The summed E-state index contributed by atoms with van der Waals surface area (Å²) in [4.78, 5) is 35.1. The van der Waals surface area contributed by atoms with Crippen LogP contribution in [-0.4, -0.2) is 37.0 Å². The Balaban J connectivity index is 1.91. The molecule has 1 aromatic rings. The Morgan fingerprint density at radius 2 is 1.96 bits per heavy atom. The molecule has 2 rings (SSSR count). The second-order valence-electron chi connectivity index (χ2n) is 6.31. The van der Waals surface area contributed by atoms with Gasteiger partial charge in [-0.25, -0.2) is 4.79 Å². The molecule has 1 aliphatic rings. The van der Waals surface area contributed by atoms with E-state index in [-0.39, 0.29) is 6.04 Å². The highest BCUT2D eigenvalue weighted by Gasteiger charge is 2.21. The first-order chi connectivity index (χ1) is 12.5. The lowest BCUT2D eigenvalue weighted by atomic mass is 9.96. The van der Waals surface area contributed by atoms with Crippen molar-refractivity contribution in [3.05, 3.63) is 23.8 Å². The van der Waals surface area contributed by atoms with Gasteiger partial charge in [0.15, 0.2) is 17.6 Å². The number of carbonyl (C=O) groups is 3. The summed E-state index contributed by atoms with van der Waals surface area (Å²) in [5.41, 5.74) is 0.449. The first-order valence-electron chi connectivity index (χ1n) is 9.03. The van der Waals surface area contributed by atoms with Gasteiger partial charge in [0.25, 0.3) is 5.91 Å². The largest absolute Gasteiger partial charge is 0.490 e. The van der Waals surface area contributed by atoms with E-state index in [1.807, 2.05) is 6.92 Å². The number of aldehydes is 1. The zero-order valence-corrected chi connectivity index (χ0v) is 15.2. The van der Waals surface area contributed by atoms with Gasteiger partial charge in [0, 0.05) is 11.6 Å². The fraction of sp³-hybridized carbons (Fsp3) is 0.526. The number of imide groups is 1. The maximum Gasteiger partial charge on any atom is 0.321 e. The van der Waals surface area contributed by atoms with Crippen molar-refractivity contribution in [1.29, 1.82) is 0 Å². The lowest BCUT2D eigenvalue weighted by molar-refractivity contribution is -0.126. The Labute approximate surface area is 153 Å². The molecule has 3 amide bonds. The second kappa shape index (κ2) is 9.79. The number of nitrogens with one attached hydrogen (secondary N) is 2. The van der Waals surface area contributed by atoms with Gasteiger partial charge in [-0.3, -0.25) is 14.9 Å². The molecule has 0 saturated heterocycles. The van der Waals surface area contributed by atoms with E-state index in [1.54, 1.807) is 25.1 Å². The van der Waals surface area contributed by atoms with Crippen LogP contribution in [0.2, 0.25) is 0 Å². The average molecular weight is 362 g/mol. The number of carbonyl (C=O) groups excluding carboxylic acids is 3. The normalized spacial score (nSPS) is 15.6. The standard InChI is InChI=1S/C19H26N2O5/c1-3-25-17-11-14(12-22)9-10-16(17)26-13(2)18(23)21-19(24)20-15-7-5-4-6-8-15/h9-13,15H,3-8H2,1-2H3,(H2,20,21,23,24)/t13-/m0/s1. The van der Waals surface area contributed by atoms with Crippen LogP contribution in [0.5, 0.6) is 11.5 Å². The molecule has 0 spiro atoms. The van der Waals surface area contributed by atoms with Crippen LogP contribution in [0, 0.1) is 0 Å². The number of amides is 3. The van der Waals surface area contributed by atoms with Crippen LogP contribution >= 0.6 is 0 Å². The molecular formula is C19H26N2O5. The fourth-order valence-electron chi connectivity index (χ4n) is 2.89. The molecule has 1 aromatic carbocycles. The minimum absolute atomic E-state index is 0.119. The lowest BCUT2D eigenvalue weighted by Gasteiger charge is -2.23. The van der Waals surface area contributed by atoms with Crippen LogP contribution in [-0.2, 0) is 4.79 Å². The minimum Gasteiger partial charge on any atom is -0.490 e. The Kier molecular flexibility index (Phi) is 7.44. The summed E-state index contributed by atoms with van der Waals surface area (Å²) in [6.07, 6.45) is 5.06. The molecule has 0 unspecified atom stereocenters. The van der Waals surface area contributed by atoms with Gasteiger partial charge in [-0.15, -0.1) is 0 Å². The van der Waals surface area contributed by atoms with Crippen molar-refractivity contribution in [2.24, 2.45) is 0 Å². The molecule has 142 valence electrons. The minimum atomic E-state index is -0.895. The maximum atomic E-state index is 12.2. The topological polar surface area (TPSA) is 93.7 Å². The van der Waals surface area contributed by atoms with Crippen molar-refractivity contribution in [1.82, 2.24) is 10.6 Å². The van der Waals surface area contributed by atoms with E-state index in [4.69, 9.17) is 9.47 Å². The Morgan fingerprint density at radius 1 is 1.23 bits per heavy atom. The zero-order valence-electron chi connectivity index (χ0n) is 15.2. The monoisotopic (exact) mass is 362 g/mol. The molecule has 0 heterocycles. The molecule has 26 heavy (non-hydrogen) atoms. The molecule has 0 radical (unpaired) electrons. The van der Waals surface area contributed by atoms with Crippen molar-refractivity contribution in [2.75, 3.05) is 6.61 Å². The van der Waals surface area contributed by atoms with Crippen LogP contribution in [0.3, 0.4) is 0 Å². The second-order valence-corrected chi connectivity index (χ2v) is 6.31. The van der Waals surface area contributed by atoms with E-state index in [9.17, 15) is 14.4 Å². The predicted molar refractivity (Wildman–Crippen MR) is 96.6 cm³/mol. The third-order valence-corrected chi connectivity index (χ3v) is 4.25. The number of urea groups is 1. The van der Waals surface area contributed by atoms with Crippen LogP contribution in [0.1, 0.15) is 56.3 Å². The Morgan fingerprint density at radius 3 is 2.62 bits per heavy atom. The molecule has 1 fully saturated rings. The van der Waals surface area contributed by atoms with E-state index in [2.05, 4.69) is 10.6 Å². The molecule has 1 saturated carbocycles. The van der Waals surface area contributed by atoms with Gasteiger partial charge in [-0.05, 0) is 44.9 Å². The number of hydrogen-bond acceptors (Lipinski definition) is 5. The number of hydrogen-bond donors (Lipinski definition) is 2. The summed E-state index contributed by atoms with van der Waals surface area (Å²) in [5, 5.41) is 5.14. The van der Waals surface area contributed by atoms with Crippen LogP contribution in [0.15, 0.2) is 18.2 Å². The molecule has 1 aliphatic carbocycles. The van der Waals surface area contributed by atoms with E-state index < -0.39 is 18.0 Å². The third-order valence-electron chi connectivity index (χ3n) is 4.25. The summed E-state index contributed by atoms with van der Waals surface area (Å²) in [5.74, 6) is 0.177. The quantitative estimate of drug-likeness (QED) is 0.728. The van der Waals surface area contributed by atoms with Gasteiger partial charge in [-0.2, -0.15) is 0 Å². The molecule has 0 aliphatic heterocycles. The van der Waals surface area contributed by atoms with Gasteiger partial charge in [-0.1, -0.05) is 19.3 Å². The summed E-state index contributed by atoms with van der Waals surface area (Å²) >= 11 is 0. The molecule has 2 N–H and O–H groups in total. The molecule has 0 aromatic heterocycles. The van der Waals surface area contributed by atoms with E-state index >= 15 is 0 Å². The van der Waals surface area contributed by atoms with Crippen LogP contribution in [0.25, 0.3) is 0 Å². The van der Waals surface area contributed by atoms with Gasteiger partial charge in [0.1, 0.15) is 6.29 Å². The summed E-state index contributed by atoms with van der Waals surface area (Å²) < 4.78 is 11.1. The van der Waals surface area contributed by atoms with Gasteiger partial charge in [0.05, 0.1) is 6.61 Å². The predicted octanol–water partition coefficient (Wildman–Crippen LogP) is 2.82. The first-order valence-corrected chi connectivity index (χ1v) is 9.03. The first kappa shape index (κ1) is 19.8. The van der Waals surface area contributed by atoms with Crippen molar-refractivity contribution in [3.8, 4) is 11.5 Å². The van der Waals surface area contributed by atoms with Crippen molar-refractivity contribution < 1.29 is 23.9 Å². The zero-order chi connectivity index (χ0) is 18.9. The maximum absolute atomic E-state index is 12.2. The van der Waals surface area contributed by atoms with Crippen molar-refractivity contribution >= 4 is 18.2 Å². The van der Waals surface area contributed by atoms with Gasteiger partial charge < -0.3 is 14.8 Å². The molecular weight excluding hydrogens is 336 g/mol. The highest BCUT2D eigenvalue weighted by atomic mass is 16.5. The smallest absolute Gasteiger partial charge is 0.321 e. The molecule has 1 atom stereocenters. The lowest BCUT2D eigenvalue weighted by Crippen LogP contribution is -2.48. The van der Waals surface area contributed by atoms with Crippen LogP contribution < -0.4 is 20.1 Å². The average Bonchev–Trinajstić information content (AvgIpc) is 2.63. The molecule has 0 bridgehead atoms. The summed E-state index contributed by atoms with van der Waals surface area (Å²) in [6.45, 7) is 3.75. The van der Waals surface area contributed by atoms with Gasteiger partial charge >= 0.3 is 6.03 Å². The molecule has 7 heteroatoms. The number of rotatable bonds is 7. The highest BCUT2D eigenvalue weighted by Crippen LogP contribution is 2.29. The van der Waals surface area contributed by atoms with Crippen molar-refractivity contribution in [2.45, 2.75) is 58.1 Å². The Bertz CT molecular complexity index is 641. The number of benzene rings is 1. The van der Waals surface area contributed by atoms with E-state index in [1.165, 1.54) is 6.42 Å².